The summed E-state index contributed by atoms with van der Waals surface area (Å²) in [7, 11) is 4.46. The number of ether oxygens (including phenoxy) is 3. The number of methoxy groups -OCH3 is 1. The van der Waals surface area contributed by atoms with E-state index in [0.717, 1.165) is 6.42 Å². The molecule has 4 rings (SSSR count). The van der Waals surface area contributed by atoms with E-state index in [2.05, 4.69) is 21.3 Å². The van der Waals surface area contributed by atoms with Gasteiger partial charge in [-0.25, -0.2) is 4.79 Å². The van der Waals surface area contributed by atoms with Crippen molar-refractivity contribution in [2.75, 3.05) is 34.3 Å². The van der Waals surface area contributed by atoms with E-state index in [1.807, 2.05) is 34.6 Å². The number of amides is 6. The normalized spacial score (nSPS) is 28.3. The maximum Gasteiger partial charge on any atom is 0.329 e. The highest BCUT2D eigenvalue weighted by atomic mass is 16.6. The maximum atomic E-state index is 14.9. The monoisotopic (exact) mass is 1040 g/mol. The van der Waals surface area contributed by atoms with Crippen LogP contribution in [0, 0.1) is 29.6 Å². The standard InChI is InChI=1S/C54H85N7O13/c1-14-32(8)44-42(62)28-43(63)74-47(31(6)7)46(64)33(9)48(65)56-38(25-29(2)3)52(69)61-24-16-18-39(61)53(70)60(12)41(27-35-19-21-36(72-13)22-20-35)54(71)73-34(10)45(50(67)57-44)58-49(66)40(26-30(4)5)59(11)51(68)37-17-15-23-55-37/h19-22,29-34,37-42,44-45,47,55,62H,14-18,23-28H2,1-13H3,(H,56,65)(H,57,67)(H,58,66)/t32?,33?,34?,37-,38-,39-,40?,41-,42?,44?,45?,47-/m0/s1. The van der Waals surface area contributed by atoms with Crippen LogP contribution in [-0.2, 0) is 59.0 Å². The quantitative estimate of drug-likeness (QED) is 0.133. The van der Waals surface area contributed by atoms with Gasteiger partial charge in [-0.3, -0.25) is 38.4 Å². The van der Waals surface area contributed by atoms with E-state index in [1.54, 1.807) is 45.0 Å². The molecule has 0 aromatic heterocycles. The van der Waals surface area contributed by atoms with E-state index in [-0.39, 0.29) is 50.0 Å². The summed E-state index contributed by atoms with van der Waals surface area (Å²) in [5, 5.41) is 23.3. The van der Waals surface area contributed by atoms with E-state index in [4.69, 9.17) is 14.2 Å². The van der Waals surface area contributed by atoms with Gasteiger partial charge in [0, 0.05) is 27.1 Å². The number of aliphatic hydroxyl groups is 1. The van der Waals surface area contributed by atoms with Crippen LogP contribution in [0.15, 0.2) is 24.3 Å². The van der Waals surface area contributed by atoms with Crippen molar-refractivity contribution >= 4 is 53.2 Å². The van der Waals surface area contributed by atoms with Crippen molar-refractivity contribution in [3.8, 4) is 5.75 Å². The summed E-state index contributed by atoms with van der Waals surface area (Å²) < 4.78 is 17.2. The molecule has 3 aliphatic rings. The Bertz CT molecular complexity index is 2130. The van der Waals surface area contributed by atoms with Gasteiger partial charge < -0.3 is 55.3 Å². The molecule has 6 amide bonds. The molecule has 20 nitrogen and oxygen atoms in total. The molecular formula is C54H85N7O13. The second kappa shape index (κ2) is 27.8. The summed E-state index contributed by atoms with van der Waals surface area (Å²) in [5.41, 5.74) is 0.604. The number of hydrogen-bond donors (Lipinski definition) is 5. The molecule has 1 aromatic rings. The van der Waals surface area contributed by atoms with Crippen molar-refractivity contribution in [1.82, 2.24) is 36.0 Å². The van der Waals surface area contributed by atoms with Crippen molar-refractivity contribution in [2.24, 2.45) is 29.6 Å². The van der Waals surface area contributed by atoms with Crippen LogP contribution in [0.2, 0.25) is 0 Å². The molecule has 3 heterocycles. The summed E-state index contributed by atoms with van der Waals surface area (Å²) in [6.07, 6.45) is -2.50. The van der Waals surface area contributed by atoms with E-state index in [1.165, 1.54) is 49.8 Å². The van der Waals surface area contributed by atoms with Crippen LogP contribution in [0.5, 0.6) is 5.75 Å². The highest BCUT2D eigenvalue weighted by Gasteiger charge is 2.45. The summed E-state index contributed by atoms with van der Waals surface area (Å²) >= 11 is 0. The number of nitrogens with one attached hydrogen (secondary N) is 4. The predicted octanol–water partition coefficient (Wildman–Crippen LogP) is 2.70. The van der Waals surface area contributed by atoms with E-state index in [9.17, 15) is 48.3 Å². The summed E-state index contributed by atoms with van der Waals surface area (Å²) in [5.74, 6) is -8.71. The summed E-state index contributed by atoms with van der Waals surface area (Å²) in [6.45, 7) is 17.9. The number of carbonyl (C=O) groups excluding carboxylic acids is 9. The largest absolute Gasteiger partial charge is 0.497 e. The Balaban J connectivity index is 1.88. The van der Waals surface area contributed by atoms with Gasteiger partial charge in [0.1, 0.15) is 42.1 Å². The Kier molecular flexibility index (Phi) is 22.9. The van der Waals surface area contributed by atoms with Crippen LogP contribution in [0.4, 0.5) is 0 Å². The van der Waals surface area contributed by atoms with Crippen molar-refractivity contribution in [2.45, 2.75) is 188 Å². The van der Waals surface area contributed by atoms with Gasteiger partial charge in [-0.1, -0.05) is 73.9 Å². The predicted molar refractivity (Wildman–Crippen MR) is 275 cm³/mol. The number of carbonyl (C=O) groups is 9. The minimum absolute atomic E-state index is 0.0893. The molecule has 20 heteroatoms. The number of esters is 2. The lowest BCUT2D eigenvalue weighted by molar-refractivity contribution is -0.163. The molecule has 3 aliphatic heterocycles. The molecule has 1 aromatic carbocycles. The number of likely N-dealkylation sites (N-methyl/N-ethyl adjacent to an activating group) is 2. The number of hydrogen-bond acceptors (Lipinski definition) is 14. The Hall–Kier alpha value is -5.63. The number of rotatable bonds is 14. The van der Waals surface area contributed by atoms with Gasteiger partial charge in [-0.15, -0.1) is 0 Å². The molecule has 414 valence electrons. The average Bonchev–Trinajstić information content (AvgIpc) is 4.09. The average molecular weight is 1040 g/mol. The highest BCUT2D eigenvalue weighted by molar-refractivity contribution is 6.05. The number of nitrogens with zero attached hydrogens (tertiary/aromatic N) is 3. The molecule has 12 atom stereocenters. The fourth-order valence-corrected chi connectivity index (χ4v) is 9.90. The second-order valence-corrected chi connectivity index (χ2v) is 21.7. The van der Waals surface area contributed by atoms with Gasteiger partial charge >= 0.3 is 11.9 Å². The molecule has 0 spiro atoms. The third-order valence-electron chi connectivity index (χ3n) is 14.7. The van der Waals surface area contributed by atoms with Gasteiger partial charge in [0.25, 0.3) is 0 Å². The molecule has 3 saturated heterocycles. The Morgan fingerprint density at radius 3 is 2.12 bits per heavy atom. The van der Waals surface area contributed by atoms with Crippen molar-refractivity contribution in [1.29, 1.82) is 0 Å². The van der Waals surface area contributed by atoms with Crippen LogP contribution in [-0.4, -0.2) is 168 Å². The highest BCUT2D eigenvalue weighted by Crippen LogP contribution is 2.26. The van der Waals surface area contributed by atoms with Crippen LogP contribution in [0.3, 0.4) is 0 Å². The topological polar surface area (TPSA) is 259 Å². The second-order valence-electron chi connectivity index (χ2n) is 21.7. The first-order valence-corrected chi connectivity index (χ1v) is 26.5. The molecule has 3 fully saturated rings. The SMILES string of the molecule is CCC(C)C1NC(=O)C(NC(=O)C(CC(C)C)N(C)C(=O)[C@@H]2CCCN2)C(C)OC(=O)[C@H](Cc2ccc(OC)cc2)N(C)C(=O)[C@@H]2CCCN2C(=O)[C@H](CC(C)C)NC(=O)C(C)C(=O)[C@H](C(C)C)OC(=O)CC1O. The van der Waals surface area contributed by atoms with E-state index >= 15 is 0 Å². The van der Waals surface area contributed by atoms with Gasteiger partial charge in [-0.2, -0.15) is 0 Å². The van der Waals surface area contributed by atoms with Crippen molar-refractivity contribution < 1.29 is 62.5 Å². The Morgan fingerprint density at radius 1 is 0.892 bits per heavy atom. The number of benzene rings is 1. The number of cyclic esters (lactones) is 2. The fraction of sp³-hybridized carbons (Fsp3) is 0.722. The third kappa shape index (κ3) is 15.9. The number of Topliss-reactive ketones (excluding diaryl/α,β-unsaturated/α-hetero) is 1. The van der Waals surface area contributed by atoms with Crippen LogP contribution >= 0.6 is 0 Å². The first-order chi connectivity index (χ1) is 34.8. The molecule has 0 aliphatic carbocycles. The number of fused-ring (bicyclic) bond motifs is 1. The zero-order valence-electron chi connectivity index (χ0n) is 45.9. The van der Waals surface area contributed by atoms with E-state index in [0.29, 0.717) is 37.1 Å². The van der Waals surface area contributed by atoms with Gasteiger partial charge in [0.15, 0.2) is 11.9 Å². The lowest BCUT2D eigenvalue weighted by Gasteiger charge is -2.36. The first-order valence-electron chi connectivity index (χ1n) is 26.5. The van der Waals surface area contributed by atoms with Crippen LogP contribution in [0.1, 0.15) is 126 Å². The number of aliphatic hydroxyl groups excluding tert-OH is 1. The fourth-order valence-electron chi connectivity index (χ4n) is 9.90. The molecule has 7 unspecified atom stereocenters. The molecule has 0 saturated carbocycles. The van der Waals surface area contributed by atoms with Crippen LogP contribution < -0.4 is 26.0 Å². The lowest BCUT2D eigenvalue weighted by Crippen LogP contribution is -2.62. The zero-order chi connectivity index (χ0) is 55.3. The molecule has 5 N–H and O–H groups in total. The lowest BCUT2D eigenvalue weighted by atomic mass is 9.91. The Labute approximate surface area is 437 Å². The zero-order valence-corrected chi connectivity index (χ0v) is 45.9. The summed E-state index contributed by atoms with van der Waals surface area (Å²) in [6, 6.07) is -1.16. The van der Waals surface area contributed by atoms with Gasteiger partial charge in [0.05, 0.1) is 37.6 Å². The Morgan fingerprint density at radius 2 is 1.55 bits per heavy atom. The van der Waals surface area contributed by atoms with E-state index < -0.39 is 132 Å². The minimum Gasteiger partial charge on any atom is -0.497 e. The third-order valence-corrected chi connectivity index (χ3v) is 14.7. The molecule has 0 bridgehead atoms. The minimum atomic E-state index is -1.67. The smallest absolute Gasteiger partial charge is 0.329 e. The number of ketones is 1. The molecular weight excluding hydrogens is 955 g/mol. The van der Waals surface area contributed by atoms with Gasteiger partial charge in [0.2, 0.25) is 35.4 Å². The summed E-state index contributed by atoms with van der Waals surface area (Å²) in [4.78, 5) is 133. The van der Waals surface area contributed by atoms with Crippen LogP contribution in [0.25, 0.3) is 0 Å². The van der Waals surface area contributed by atoms with Crippen molar-refractivity contribution in [3.63, 3.8) is 0 Å². The maximum absolute atomic E-state index is 14.9. The molecule has 0 radical (unpaired) electrons. The van der Waals surface area contributed by atoms with Crippen molar-refractivity contribution in [3.05, 3.63) is 29.8 Å². The first kappa shape index (κ1) is 60.9. The van der Waals surface area contributed by atoms with Gasteiger partial charge in [-0.05, 0) is 100 Å². The molecule has 74 heavy (non-hydrogen) atoms.